The molecule has 1 aromatic carbocycles. The van der Waals surface area contributed by atoms with E-state index in [9.17, 15) is 4.79 Å². The molecule has 0 aromatic heterocycles. The van der Waals surface area contributed by atoms with Gasteiger partial charge in [0.15, 0.2) is 0 Å². The lowest BCUT2D eigenvalue weighted by atomic mass is 10.0. The lowest BCUT2D eigenvalue weighted by Gasteiger charge is -2.19. The van der Waals surface area contributed by atoms with Crippen molar-refractivity contribution in [1.29, 1.82) is 0 Å². The summed E-state index contributed by atoms with van der Waals surface area (Å²) in [5, 5.41) is 3.00. The van der Waals surface area contributed by atoms with E-state index in [4.69, 9.17) is 10.5 Å². The van der Waals surface area contributed by atoms with Crippen LogP contribution in [0.15, 0.2) is 24.3 Å². The van der Waals surface area contributed by atoms with Crippen LogP contribution < -0.4 is 15.8 Å². The van der Waals surface area contributed by atoms with Gasteiger partial charge in [0, 0.05) is 12.0 Å². The van der Waals surface area contributed by atoms with Crippen molar-refractivity contribution in [3.8, 4) is 5.75 Å². The zero-order valence-electron chi connectivity index (χ0n) is 12.0. The number of nitrogens with two attached hydrogens (primary N) is 1. The van der Waals surface area contributed by atoms with Crippen LogP contribution in [0.4, 0.5) is 0 Å². The maximum absolute atomic E-state index is 11.9. The fourth-order valence-electron chi connectivity index (χ4n) is 2.06. The van der Waals surface area contributed by atoms with Gasteiger partial charge in [-0.2, -0.15) is 0 Å². The van der Waals surface area contributed by atoms with Gasteiger partial charge in [0.1, 0.15) is 5.75 Å². The van der Waals surface area contributed by atoms with Gasteiger partial charge in [-0.05, 0) is 25.5 Å². The van der Waals surface area contributed by atoms with Crippen molar-refractivity contribution in [3.05, 3.63) is 29.8 Å². The Bertz CT molecular complexity index is 403. The van der Waals surface area contributed by atoms with Crippen LogP contribution >= 0.6 is 0 Å². The minimum Gasteiger partial charge on any atom is -0.496 e. The quantitative estimate of drug-likeness (QED) is 0.794. The van der Waals surface area contributed by atoms with Crippen LogP contribution in [0.25, 0.3) is 0 Å². The van der Waals surface area contributed by atoms with Crippen LogP contribution in [0.2, 0.25) is 0 Å². The summed E-state index contributed by atoms with van der Waals surface area (Å²) in [5.41, 5.74) is 6.60. The molecule has 0 fully saturated rings. The number of carbonyl (C=O) groups is 1. The summed E-state index contributed by atoms with van der Waals surface area (Å²) in [6.07, 6.45) is 1.40. The van der Waals surface area contributed by atoms with Gasteiger partial charge in [0.2, 0.25) is 5.91 Å². The van der Waals surface area contributed by atoms with Crippen molar-refractivity contribution in [2.75, 3.05) is 13.7 Å². The lowest BCUT2D eigenvalue weighted by molar-refractivity contribution is -0.122. The van der Waals surface area contributed by atoms with E-state index < -0.39 is 0 Å². The van der Waals surface area contributed by atoms with Crippen molar-refractivity contribution in [2.45, 2.75) is 32.7 Å². The van der Waals surface area contributed by atoms with Crippen LogP contribution in [0.1, 0.15) is 38.3 Å². The van der Waals surface area contributed by atoms with Crippen LogP contribution in [0.5, 0.6) is 5.75 Å². The SMILES string of the molecule is CCC(CN)CC(=O)N[C@H](C)c1ccccc1OC. The lowest BCUT2D eigenvalue weighted by Crippen LogP contribution is -2.30. The summed E-state index contributed by atoms with van der Waals surface area (Å²) in [5.74, 6) is 1.08. The second-order valence-electron chi connectivity index (χ2n) is 4.75. The molecule has 0 heterocycles. The zero-order chi connectivity index (χ0) is 14.3. The van der Waals surface area contributed by atoms with Gasteiger partial charge in [-0.1, -0.05) is 31.5 Å². The number of carbonyl (C=O) groups excluding carboxylic acids is 1. The first-order chi connectivity index (χ1) is 9.12. The van der Waals surface area contributed by atoms with E-state index >= 15 is 0 Å². The second kappa shape index (κ2) is 7.79. The molecular formula is C15H24N2O2. The molecule has 1 amide bonds. The van der Waals surface area contributed by atoms with E-state index in [0.29, 0.717) is 13.0 Å². The molecule has 4 heteroatoms. The summed E-state index contributed by atoms with van der Waals surface area (Å²) in [7, 11) is 1.63. The fourth-order valence-corrected chi connectivity index (χ4v) is 2.06. The number of para-hydroxylation sites is 1. The molecule has 0 saturated carbocycles. The predicted molar refractivity (Wildman–Crippen MR) is 77.0 cm³/mol. The molecule has 0 saturated heterocycles. The summed E-state index contributed by atoms with van der Waals surface area (Å²) < 4.78 is 5.30. The number of hydrogen-bond acceptors (Lipinski definition) is 3. The third-order valence-corrected chi connectivity index (χ3v) is 3.37. The zero-order valence-corrected chi connectivity index (χ0v) is 12.0. The highest BCUT2D eigenvalue weighted by Gasteiger charge is 2.16. The highest BCUT2D eigenvalue weighted by molar-refractivity contribution is 5.76. The Labute approximate surface area is 115 Å². The molecule has 0 radical (unpaired) electrons. The molecule has 4 nitrogen and oxygen atoms in total. The third kappa shape index (κ3) is 4.56. The summed E-state index contributed by atoms with van der Waals surface area (Å²) >= 11 is 0. The van der Waals surface area contributed by atoms with Crippen LogP contribution in [-0.4, -0.2) is 19.6 Å². The number of methoxy groups -OCH3 is 1. The monoisotopic (exact) mass is 264 g/mol. The normalized spacial score (nSPS) is 13.7. The molecule has 1 unspecified atom stereocenters. The van der Waals surface area contributed by atoms with Crippen LogP contribution in [0.3, 0.4) is 0 Å². The molecule has 0 aliphatic carbocycles. The van der Waals surface area contributed by atoms with E-state index in [1.54, 1.807) is 7.11 Å². The molecule has 0 bridgehead atoms. The van der Waals surface area contributed by atoms with Gasteiger partial charge in [0.25, 0.3) is 0 Å². The minimum atomic E-state index is -0.0704. The van der Waals surface area contributed by atoms with E-state index in [-0.39, 0.29) is 17.9 Å². The molecule has 106 valence electrons. The first kappa shape index (κ1) is 15.5. The van der Waals surface area contributed by atoms with Gasteiger partial charge < -0.3 is 15.8 Å². The number of rotatable bonds is 7. The molecule has 1 aromatic rings. The number of nitrogens with one attached hydrogen (secondary N) is 1. The average Bonchev–Trinajstić information content (AvgIpc) is 2.44. The van der Waals surface area contributed by atoms with Gasteiger partial charge >= 0.3 is 0 Å². The predicted octanol–water partition coefficient (Wildman–Crippen LogP) is 2.25. The largest absolute Gasteiger partial charge is 0.496 e. The minimum absolute atomic E-state index is 0.0377. The smallest absolute Gasteiger partial charge is 0.220 e. The molecule has 0 spiro atoms. The van der Waals surface area contributed by atoms with Crippen molar-refractivity contribution in [2.24, 2.45) is 11.7 Å². The van der Waals surface area contributed by atoms with Crippen molar-refractivity contribution in [1.82, 2.24) is 5.32 Å². The second-order valence-corrected chi connectivity index (χ2v) is 4.75. The van der Waals surface area contributed by atoms with Gasteiger partial charge in [0.05, 0.1) is 13.2 Å². The Morgan fingerprint density at radius 2 is 2.11 bits per heavy atom. The van der Waals surface area contributed by atoms with Crippen molar-refractivity contribution >= 4 is 5.91 Å². The van der Waals surface area contributed by atoms with Crippen LogP contribution in [0, 0.1) is 5.92 Å². The molecular weight excluding hydrogens is 240 g/mol. The van der Waals surface area contributed by atoms with Gasteiger partial charge in [-0.25, -0.2) is 0 Å². The molecule has 0 aliphatic rings. The van der Waals surface area contributed by atoms with E-state index in [1.807, 2.05) is 31.2 Å². The van der Waals surface area contributed by atoms with Crippen molar-refractivity contribution < 1.29 is 9.53 Å². The molecule has 2 atom stereocenters. The van der Waals surface area contributed by atoms with E-state index in [1.165, 1.54) is 0 Å². The van der Waals surface area contributed by atoms with Gasteiger partial charge in [-0.3, -0.25) is 4.79 Å². The topological polar surface area (TPSA) is 64.4 Å². The summed E-state index contributed by atoms with van der Waals surface area (Å²) in [6.45, 7) is 4.56. The van der Waals surface area contributed by atoms with Gasteiger partial charge in [-0.15, -0.1) is 0 Å². The Balaban J connectivity index is 2.63. The Kier molecular flexibility index (Phi) is 6.36. The molecule has 19 heavy (non-hydrogen) atoms. The van der Waals surface area contributed by atoms with Crippen molar-refractivity contribution in [3.63, 3.8) is 0 Å². The third-order valence-electron chi connectivity index (χ3n) is 3.37. The van der Waals surface area contributed by atoms with Crippen LogP contribution in [-0.2, 0) is 4.79 Å². The average molecular weight is 264 g/mol. The summed E-state index contributed by atoms with van der Waals surface area (Å²) in [6, 6.07) is 7.64. The number of hydrogen-bond donors (Lipinski definition) is 2. The standard InChI is InChI=1S/C15H24N2O2/c1-4-12(10-16)9-15(18)17-11(2)13-7-5-6-8-14(13)19-3/h5-8,11-12H,4,9-10,16H2,1-3H3,(H,17,18)/t11-,12?/m1/s1. The van der Waals surface area contributed by atoms with E-state index in [2.05, 4.69) is 12.2 Å². The number of benzene rings is 1. The first-order valence-electron chi connectivity index (χ1n) is 6.74. The Morgan fingerprint density at radius 1 is 1.42 bits per heavy atom. The molecule has 0 aliphatic heterocycles. The van der Waals surface area contributed by atoms with E-state index in [0.717, 1.165) is 17.7 Å². The summed E-state index contributed by atoms with van der Waals surface area (Å²) in [4.78, 5) is 11.9. The molecule has 3 N–H and O–H groups in total. The Hall–Kier alpha value is -1.55. The fraction of sp³-hybridized carbons (Fsp3) is 0.533. The number of amides is 1. The first-order valence-corrected chi connectivity index (χ1v) is 6.74. The molecule has 1 rings (SSSR count). The highest BCUT2D eigenvalue weighted by atomic mass is 16.5. The Morgan fingerprint density at radius 3 is 2.68 bits per heavy atom. The number of ether oxygens (including phenoxy) is 1. The highest BCUT2D eigenvalue weighted by Crippen LogP contribution is 2.24. The maximum atomic E-state index is 11.9. The maximum Gasteiger partial charge on any atom is 0.220 e.